The fourth-order valence-electron chi connectivity index (χ4n) is 3.70. The summed E-state index contributed by atoms with van der Waals surface area (Å²) in [6.07, 6.45) is 3.25. The Kier molecular flexibility index (Phi) is 8.60. The van der Waals surface area contributed by atoms with E-state index >= 15 is 0 Å². The molecule has 1 aromatic carbocycles. The molecule has 0 saturated carbocycles. The highest BCUT2D eigenvalue weighted by Gasteiger charge is 2.25. The molecule has 2 aromatic rings. The van der Waals surface area contributed by atoms with Crippen LogP contribution in [-0.4, -0.2) is 42.2 Å². The Bertz CT molecular complexity index is 710. The molecule has 1 fully saturated rings. The number of likely N-dealkylation sites (tertiary alicyclic amines) is 1. The minimum absolute atomic E-state index is 0. The smallest absolute Gasteiger partial charge is 0.193 e. The fourth-order valence-corrected chi connectivity index (χ4v) is 3.70. The second-order valence-corrected chi connectivity index (χ2v) is 7.08. The molecular weight excluding hydrogens is 451 g/mol. The quantitative estimate of drug-likeness (QED) is 0.385. The number of nitrogens with one attached hydrogen (secondary N) is 1. The van der Waals surface area contributed by atoms with Gasteiger partial charge in [0.25, 0.3) is 0 Å². The summed E-state index contributed by atoms with van der Waals surface area (Å²) in [6.45, 7) is 9.89. The first-order valence-corrected chi connectivity index (χ1v) is 9.66. The van der Waals surface area contributed by atoms with Crippen LogP contribution in [0.2, 0.25) is 0 Å². The number of hydrogen-bond donors (Lipinski definition) is 1. The molecule has 2 heterocycles. The summed E-state index contributed by atoms with van der Waals surface area (Å²) in [7, 11) is 0. The molecule has 1 aliphatic heterocycles. The molecule has 0 bridgehead atoms. The Hall–Kier alpha value is -1.57. The van der Waals surface area contributed by atoms with E-state index in [1.165, 1.54) is 17.5 Å². The Morgan fingerprint density at radius 3 is 2.74 bits per heavy atom. The minimum Gasteiger partial charge on any atom is -0.361 e. The zero-order valence-corrected chi connectivity index (χ0v) is 18.9. The standard InChI is InChI=1S/C21H30N4O.HI/c1-4-22-21(23-12-10-20-16(2)24-26-17(20)3)25-13-11-19(15-25)14-18-8-6-5-7-9-18;/h5-9,19H,4,10-15H2,1-3H3,(H,22,23);1H. The van der Waals surface area contributed by atoms with Gasteiger partial charge in [-0.3, -0.25) is 4.99 Å². The normalized spacial score (nSPS) is 17.1. The van der Waals surface area contributed by atoms with Gasteiger partial charge in [-0.2, -0.15) is 0 Å². The zero-order valence-electron chi connectivity index (χ0n) is 16.6. The SMILES string of the molecule is CCNC(=NCCc1c(C)noc1C)N1CCC(Cc2ccccc2)C1.I. The highest BCUT2D eigenvalue weighted by atomic mass is 127. The van der Waals surface area contributed by atoms with Crippen molar-refractivity contribution in [3.8, 4) is 0 Å². The zero-order chi connectivity index (χ0) is 18.4. The van der Waals surface area contributed by atoms with Gasteiger partial charge in [-0.1, -0.05) is 35.5 Å². The van der Waals surface area contributed by atoms with Crippen molar-refractivity contribution in [3.05, 3.63) is 52.9 Å². The first kappa shape index (κ1) is 21.7. The van der Waals surface area contributed by atoms with Crippen molar-refractivity contribution in [2.45, 2.75) is 40.0 Å². The molecule has 1 N–H and O–H groups in total. The van der Waals surface area contributed by atoms with Crippen molar-refractivity contribution in [1.29, 1.82) is 0 Å². The maximum Gasteiger partial charge on any atom is 0.193 e. The minimum atomic E-state index is 0. The molecule has 1 atom stereocenters. The highest BCUT2D eigenvalue weighted by Crippen LogP contribution is 2.21. The predicted molar refractivity (Wildman–Crippen MR) is 121 cm³/mol. The molecule has 0 aliphatic carbocycles. The first-order valence-electron chi connectivity index (χ1n) is 9.66. The number of nitrogens with zero attached hydrogens (tertiary/aromatic N) is 3. The number of aromatic nitrogens is 1. The predicted octanol–water partition coefficient (Wildman–Crippen LogP) is 3.98. The number of benzene rings is 1. The van der Waals surface area contributed by atoms with Gasteiger partial charge in [0, 0.05) is 31.7 Å². The van der Waals surface area contributed by atoms with E-state index in [4.69, 9.17) is 9.52 Å². The number of guanidine groups is 1. The van der Waals surface area contributed by atoms with Crippen LogP contribution in [0.1, 0.15) is 35.9 Å². The van der Waals surface area contributed by atoms with E-state index in [9.17, 15) is 0 Å². The van der Waals surface area contributed by atoms with E-state index < -0.39 is 0 Å². The van der Waals surface area contributed by atoms with Crippen LogP contribution < -0.4 is 5.32 Å². The molecule has 0 radical (unpaired) electrons. The number of hydrogen-bond acceptors (Lipinski definition) is 3. The van der Waals surface area contributed by atoms with Crippen molar-refractivity contribution in [3.63, 3.8) is 0 Å². The molecular formula is C21H31IN4O. The lowest BCUT2D eigenvalue weighted by atomic mass is 9.99. The van der Waals surface area contributed by atoms with E-state index in [-0.39, 0.29) is 24.0 Å². The molecule has 3 rings (SSSR count). The van der Waals surface area contributed by atoms with Gasteiger partial charge in [0.15, 0.2) is 5.96 Å². The average molecular weight is 482 g/mol. The summed E-state index contributed by atoms with van der Waals surface area (Å²) in [5, 5.41) is 7.48. The van der Waals surface area contributed by atoms with Gasteiger partial charge in [-0.25, -0.2) is 0 Å². The molecule has 148 valence electrons. The largest absolute Gasteiger partial charge is 0.361 e. The maximum atomic E-state index is 5.25. The molecule has 0 spiro atoms. The van der Waals surface area contributed by atoms with Crippen LogP contribution in [0, 0.1) is 19.8 Å². The fraction of sp³-hybridized carbons (Fsp3) is 0.524. The lowest BCUT2D eigenvalue weighted by Crippen LogP contribution is -2.40. The van der Waals surface area contributed by atoms with Crippen LogP contribution in [0.4, 0.5) is 0 Å². The van der Waals surface area contributed by atoms with Gasteiger partial charge in [0.1, 0.15) is 5.76 Å². The monoisotopic (exact) mass is 482 g/mol. The van der Waals surface area contributed by atoms with E-state index in [0.717, 1.165) is 56.4 Å². The molecule has 27 heavy (non-hydrogen) atoms. The highest BCUT2D eigenvalue weighted by molar-refractivity contribution is 14.0. The van der Waals surface area contributed by atoms with E-state index in [1.807, 2.05) is 13.8 Å². The molecule has 5 nitrogen and oxygen atoms in total. The molecule has 6 heteroatoms. The molecule has 0 amide bonds. The van der Waals surface area contributed by atoms with E-state index in [2.05, 4.69) is 52.6 Å². The summed E-state index contributed by atoms with van der Waals surface area (Å²) in [6, 6.07) is 10.8. The van der Waals surface area contributed by atoms with Crippen molar-refractivity contribution in [2.75, 3.05) is 26.2 Å². The lowest BCUT2D eigenvalue weighted by molar-refractivity contribution is 0.392. The topological polar surface area (TPSA) is 53.7 Å². The van der Waals surface area contributed by atoms with Gasteiger partial charge < -0.3 is 14.7 Å². The molecule has 1 aliphatic rings. The van der Waals surface area contributed by atoms with Crippen molar-refractivity contribution in [2.24, 2.45) is 10.9 Å². The van der Waals surface area contributed by atoms with Gasteiger partial charge in [0.05, 0.1) is 5.69 Å². The third-order valence-corrected chi connectivity index (χ3v) is 5.09. The number of aliphatic imine (C=N–C) groups is 1. The third kappa shape index (κ3) is 5.96. The molecule has 1 saturated heterocycles. The summed E-state index contributed by atoms with van der Waals surface area (Å²) in [5.74, 6) is 2.64. The van der Waals surface area contributed by atoms with Gasteiger partial charge in [-0.15, -0.1) is 24.0 Å². The van der Waals surface area contributed by atoms with Crippen molar-refractivity contribution < 1.29 is 4.52 Å². The van der Waals surface area contributed by atoms with Crippen LogP contribution in [0.15, 0.2) is 39.8 Å². The second kappa shape index (κ2) is 10.7. The summed E-state index contributed by atoms with van der Waals surface area (Å²) < 4.78 is 5.25. The van der Waals surface area contributed by atoms with Crippen molar-refractivity contribution >= 4 is 29.9 Å². The van der Waals surface area contributed by atoms with Crippen molar-refractivity contribution in [1.82, 2.24) is 15.4 Å². The van der Waals surface area contributed by atoms with Gasteiger partial charge >= 0.3 is 0 Å². The third-order valence-electron chi connectivity index (χ3n) is 5.09. The van der Waals surface area contributed by atoms with Crippen LogP contribution in [0.3, 0.4) is 0 Å². The van der Waals surface area contributed by atoms with Crippen LogP contribution in [0.5, 0.6) is 0 Å². The Morgan fingerprint density at radius 2 is 2.07 bits per heavy atom. The summed E-state index contributed by atoms with van der Waals surface area (Å²) in [5.41, 5.74) is 3.60. The van der Waals surface area contributed by atoms with Crippen LogP contribution in [-0.2, 0) is 12.8 Å². The molecule has 1 unspecified atom stereocenters. The summed E-state index contributed by atoms with van der Waals surface area (Å²) in [4.78, 5) is 7.26. The number of halogens is 1. The second-order valence-electron chi connectivity index (χ2n) is 7.08. The number of aryl methyl sites for hydroxylation is 2. The van der Waals surface area contributed by atoms with E-state index in [1.54, 1.807) is 0 Å². The maximum absolute atomic E-state index is 5.25. The number of rotatable bonds is 6. The average Bonchev–Trinajstić information content (AvgIpc) is 3.23. The molecule has 1 aromatic heterocycles. The Morgan fingerprint density at radius 1 is 1.30 bits per heavy atom. The lowest BCUT2D eigenvalue weighted by Gasteiger charge is -2.21. The Balaban J connectivity index is 0.00000261. The first-order chi connectivity index (χ1) is 12.7. The van der Waals surface area contributed by atoms with Crippen LogP contribution >= 0.6 is 24.0 Å². The van der Waals surface area contributed by atoms with Gasteiger partial charge in [0.2, 0.25) is 0 Å². The van der Waals surface area contributed by atoms with Gasteiger partial charge in [-0.05, 0) is 51.5 Å². The van der Waals surface area contributed by atoms with E-state index in [0.29, 0.717) is 5.92 Å². The van der Waals surface area contributed by atoms with Crippen LogP contribution in [0.25, 0.3) is 0 Å². The summed E-state index contributed by atoms with van der Waals surface area (Å²) >= 11 is 0. The Labute approximate surface area is 179 Å².